The van der Waals surface area contributed by atoms with Crippen molar-refractivity contribution >= 4 is 5.91 Å². The first-order valence-electron chi connectivity index (χ1n) is 9.58. The van der Waals surface area contributed by atoms with Crippen molar-refractivity contribution in [1.82, 2.24) is 5.32 Å². The Labute approximate surface area is 150 Å². The summed E-state index contributed by atoms with van der Waals surface area (Å²) < 4.78 is 16.7. The molecule has 3 atom stereocenters. The average Bonchev–Trinajstić information content (AvgIpc) is 3.09. The second-order valence-corrected chi connectivity index (χ2v) is 7.36. The number of aliphatic hydroxyl groups is 1. The van der Waals surface area contributed by atoms with Crippen LogP contribution in [0.1, 0.15) is 72.1 Å². The quantitative estimate of drug-likeness (QED) is 0.589. The maximum atomic E-state index is 12.0. The van der Waals surface area contributed by atoms with E-state index in [0.717, 1.165) is 12.8 Å². The first kappa shape index (κ1) is 20.4. The lowest BCUT2D eigenvalue weighted by molar-refractivity contribution is -0.165. The average molecular weight is 355 g/mol. The highest BCUT2D eigenvalue weighted by Gasteiger charge is 2.41. The number of amides is 1. The Bertz CT molecular complexity index is 463. The number of nitrogens with one attached hydrogen (secondary N) is 1. The molecule has 0 aromatic heterocycles. The molecule has 6 nitrogen and oxygen atoms in total. The summed E-state index contributed by atoms with van der Waals surface area (Å²) in [5.41, 5.74) is 0.409. The summed E-state index contributed by atoms with van der Waals surface area (Å²) in [5, 5.41) is 12.8. The van der Waals surface area contributed by atoms with Gasteiger partial charge in [0, 0.05) is 6.42 Å². The van der Waals surface area contributed by atoms with Crippen LogP contribution in [0.4, 0.5) is 0 Å². The zero-order valence-corrected chi connectivity index (χ0v) is 15.8. The van der Waals surface area contributed by atoms with E-state index >= 15 is 0 Å². The van der Waals surface area contributed by atoms with Crippen LogP contribution in [0, 0.1) is 0 Å². The van der Waals surface area contributed by atoms with Crippen molar-refractivity contribution in [3.8, 4) is 0 Å². The van der Waals surface area contributed by atoms with Crippen LogP contribution >= 0.6 is 0 Å². The molecule has 0 aliphatic carbocycles. The SMILES string of the molecule is CCCCCCCCCC(=O)NC1=C[C@@H]([C@H]2COC(C)(C)O2)OC1O. The third-order valence-electron chi connectivity index (χ3n) is 4.58. The molecule has 1 fully saturated rings. The molecule has 25 heavy (non-hydrogen) atoms. The van der Waals surface area contributed by atoms with Gasteiger partial charge < -0.3 is 24.6 Å². The smallest absolute Gasteiger partial charge is 0.224 e. The van der Waals surface area contributed by atoms with Crippen molar-refractivity contribution in [3.63, 3.8) is 0 Å². The third-order valence-corrected chi connectivity index (χ3v) is 4.58. The summed E-state index contributed by atoms with van der Waals surface area (Å²) >= 11 is 0. The fraction of sp³-hybridized carbons (Fsp3) is 0.842. The molecule has 2 heterocycles. The van der Waals surface area contributed by atoms with Gasteiger partial charge in [-0.2, -0.15) is 0 Å². The van der Waals surface area contributed by atoms with E-state index in [-0.39, 0.29) is 12.0 Å². The number of ether oxygens (including phenoxy) is 3. The van der Waals surface area contributed by atoms with Crippen molar-refractivity contribution in [2.75, 3.05) is 6.61 Å². The summed E-state index contributed by atoms with van der Waals surface area (Å²) in [6, 6.07) is 0. The van der Waals surface area contributed by atoms with Gasteiger partial charge in [0.1, 0.15) is 12.2 Å². The minimum absolute atomic E-state index is 0.0768. The molecule has 2 N–H and O–H groups in total. The third kappa shape index (κ3) is 6.70. The molecular formula is C19H33NO5. The molecule has 0 aromatic carbocycles. The largest absolute Gasteiger partial charge is 0.363 e. The Morgan fingerprint density at radius 2 is 1.92 bits per heavy atom. The van der Waals surface area contributed by atoms with Crippen molar-refractivity contribution < 1.29 is 24.1 Å². The maximum absolute atomic E-state index is 12.0. The van der Waals surface area contributed by atoms with E-state index in [0.29, 0.717) is 18.7 Å². The predicted molar refractivity (Wildman–Crippen MR) is 94.6 cm³/mol. The zero-order valence-electron chi connectivity index (χ0n) is 15.8. The van der Waals surface area contributed by atoms with E-state index < -0.39 is 18.2 Å². The summed E-state index contributed by atoms with van der Waals surface area (Å²) in [6.45, 7) is 6.29. The van der Waals surface area contributed by atoms with Gasteiger partial charge in [0.05, 0.1) is 12.3 Å². The minimum atomic E-state index is -1.12. The van der Waals surface area contributed by atoms with Gasteiger partial charge in [0.25, 0.3) is 0 Å². The van der Waals surface area contributed by atoms with Crippen LogP contribution in [-0.4, -0.2) is 41.9 Å². The number of unbranched alkanes of at least 4 members (excludes halogenated alkanes) is 6. The van der Waals surface area contributed by atoms with Crippen LogP contribution < -0.4 is 5.32 Å². The highest BCUT2D eigenvalue weighted by Crippen LogP contribution is 2.29. The van der Waals surface area contributed by atoms with Gasteiger partial charge in [0.15, 0.2) is 12.1 Å². The van der Waals surface area contributed by atoms with Crippen LogP contribution in [0.2, 0.25) is 0 Å². The Morgan fingerprint density at radius 1 is 1.24 bits per heavy atom. The van der Waals surface area contributed by atoms with Crippen LogP contribution in [-0.2, 0) is 19.0 Å². The lowest BCUT2D eigenvalue weighted by atomic mass is 10.1. The number of aliphatic hydroxyl groups excluding tert-OH is 1. The minimum Gasteiger partial charge on any atom is -0.363 e. The van der Waals surface area contributed by atoms with Gasteiger partial charge in [-0.25, -0.2) is 0 Å². The molecule has 1 saturated heterocycles. The number of carbonyl (C=O) groups is 1. The monoisotopic (exact) mass is 355 g/mol. The van der Waals surface area contributed by atoms with Crippen LogP contribution in [0.25, 0.3) is 0 Å². The number of rotatable bonds is 10. The normalized spacial score (nSPS) is 28.2. The highest BCUT2D eigenvalue weighted by atomic mass is 16.8. The number of carbonyl (C=O) groups excluding carboxylic acids is 1. The van der Waals surface area contributed by atoms with Crippen LogP contribution in [0.3, 0.4) is 0 Å². The fourth-order valence-electron chi connectivity index (χ4n) is 3.16. The molecule has 0 bridgehead atoms. The van der Waals surface area contributed by atoms with E-state index in [1.807, 2.05) is 13.8 Å². The molecule has 1 amide bonds. The maximum Gasteiger partial charge on any atom is 0.224 e. The molecule has 2 aliphatic heterocycles. The summed E-state index contributed by atoms with van der Waals surface area (Å²) in [6.07, 6.45) is 8.58. The second-order valence-electron chi connectivity index (χ2n) is 7.36. The summed E-state index contributed by atoms with van der Waals surface area (Å²) in [5.74, 6) is -0.720. The second kappa shape index (κ2) is 9.67. The first-order valence-corrected chi connectivity index (χ1v) is 9.58. The van der Waals surface area contributed by atoms with E-state index in [2.05, 4.69) is 12.2 Å². The molecule has 0 spiro atoms. The topological polar surface area (TPSA) is 77.0 Å². The fourth-order valence-corrected chi connectivity index (χ4v) is 3.16. The van der Waals surface area contributed by atoms with Gasteiger partial charge in [0.2, 0.25) is 5.91 Å². The summed E-state index contributed by atoms with van der Waals surface area (Å²) in [4.78, 5) is 12.0. The van der Waals surface area contributed by atoms with Crippen molar-refractivity contribution in [1.29, 1.82) is 0 Å². The molecule has 0 saturated carbocycles. The molecule has 0 radical (unpaired) electrons. The Morgan fingerprint density at radius 3 is 2.56 bits per heavy atom. The Hall–Kier alpha value is -0.950. The van der Waals surface area contributed by atoms with E-state index in [1.165, 1.54) is 32.1 Å². The highest BCUT2D eigenvalue weighted by molar-refractivity contribution is 5.77. The van der Waals surface area contributed by atoms with Crippen LogP contribution in [0.5, 0.6) is 0 Å². The predicted octanol–water partition coefficient (Wildman–Crippen LogP) is 3.00. The number of hydrogen-bond acceptors (Lipinski definition) is 5. The molecule has 144 valence electrons. The summed E-state index contributed by atoms with van der Waals surface area (Å²) in [7, 11) is 0. The Kier molecular flexibility index (Phi) is 7.87. The zero-order chi connectivity index (χ0) is 18.3. The molecule has 2 rings (SSSR count). The molecular weight excluding hydrogens is 322 g/mol. The van der Waals surface area contributed by atoms with Crippen molar-refractivity contribution in [2.45, 2.75) is 96.4 Å². The van der Waals surface area contributed by atoms with Crippen molar-refractivity contribution in [3.05, 3.63) is 11.8 Å². The number of hydrogen-bond donors (Lipinski definition) is 2. The van der Waals surface area contributed by atoms with E-state index in [1.54, 1.807) is 6.08 Å². The van der Waals surface area contributed by atoms with E-state index in [4.69, 9.17) is 14.2 Å². The lowest BCUT2D eigenvalue weighted by Gasteiger charge is -2.20. The molecule has 1 unspecified atom stereocenters. The van der Waals surface area contributed by atoms with Gasteiger partial charge in [-0.15, -0.1) is 0 Å². The van der Waals surface area contributed by atoms with Gasteiger partial charge in [-0.05, 0) is 26.3 Å². The molecule has 6 heteroatoms. The standard InChI is InChI=1S/C19H33NO5/c1-4-5-6-7-8-9-10-11-17(21)20-14-12-15(24-18(14)22)16-13-23-19(2,3)25-16/h12,15-16,18,22H,4-11,13H2,1-3H3,(H,20,21)/t15-,16+,18?/m0/s1. The van der Waals surface area contributed by atoms with Gasteiger partial charge in [-0.3, -0.25) is 4.79 Å². The van der Waals surface area contributed by atoms with Crippen molar-refractivity contribution in [2.24, 2.45) is 0 Å². The first-order chi connectivity index (χ1) is 11.9. The molecule has 0 aromatic rings. The van der Waals surface area contributed by atoms with Crippen LogP contribution in [0.15, 0.2) is 11.8 Å². The van der Waals surface area contributed by atoms with E-state index in [9.17, 15) is 9.90 Å². The lowest BCUT2D eigenvalue weighted by Crippen LogP contribution is -2.31. The van der Waals surface area contributed by atoms with Gasteiger partial charge >= 0.3 is 0 Å². The molecule has 2 aliphatic rings. The van der Waals surface area contributed by atoms with Gasteiger partial charge in [-0.1, -0.05) is 45.4 Å². The Balaban J connectivity index is 1.67.